The number of hydrogen-bond donors (Lipinski definition) is 2. The number of aromatic carboxylic acids is 1. The molecule has 0 bridgehead atoms. The second kappa shape index (κ2) is 5.82. The minimum Gasteiger partial charge on any atom is -0.477 e. The van der Waals surface area contributed by atoms with Crippen molar-refractivity contribution in [1.29, 1.82) is 0 Å². The minimum absolute atomic E-state index is 0.0134. The van der Waals surface area contributed by atoms with Gasteiger partial charge in [0.2, 0.25) is 5.91 Å². The average Bonchev–Trinajstić information content (AvgIpc) is 2.83. The van der Waals surface area contributed by atoms with Crippen molar-refractivity contribution in [2.24, 2.45) is 11.8 Å². The zero-order valence-electron chi connectivity index (χ0n) is 10.9. The van der Waals surface area contributed by atoms with E-state index >= 15 is 0 Å². The smallest absolute Gasteiger partial charge is 0.354 e. The molecule has 19 heavy (non-hydrogen) atoms. The Labute approximate surface area is 112 Å². The summed E-state index contributed by atoms with van der Waals surface area (Å²) < 4.78 is 0. The van der Waals surface area contributed by atoms with Crippen molar-refractivity contribution in [3.63, 3.8) is 0 Å². The van der Waals surface area contributed by atoms with Gasteiger partial charge in [0.15, 0.2) is 0 Å². The highest BCUT2D eigenvalue weighted by molar-refractivity contribution is 5.85. The number of carbonyl (C=O) groups excluding carboxylic acids is 1. The lowest BCUT2D eigenvalue weighted by atomic mass is 9.97. The first-order chi connectivity index (χ1) is 9.08. The van der Waals surface area contributed by atoms with Gasteiger partial charge in [-0.15, -0.1) is 0 Å². The van der Waals surface area contributed by atoms with Gasteiger partial charge in [-0.05, 0) is 30.4 Å². The van der Waals surface area contributed by atoms with Crippen LogP contribution in [-0.4, -0.2) is 22.0 Å². The molecule has 0 aliphatic heterocycles. The van der Waals surface area contributed by atoms with Crippen molar-refractivity contribution in [1.82, 2.24) is 10.3 Å². The Balaban J connectivity index is 1.88. The van der Waals surface area contributed by atoms with Crippen LogP contribution < -0.4 is 5.32 Å². The van der Waals surface area contributed by atoms with Crippen molar-refractivity contribution in [3.05, 3.63) is 29.6 Å². The summed E-state index contributed by atoms with van der Waals surface area (Å²) in [4.78, 5) is 26.5. The van der Waals surface area contributed by atoms with Crippen LogP contribution in [0.5, 0.6) is 0 Å². The van der Waals surface area contributed by atoms with E-state index in [0.29, 0.717) is 12.5 Å². The van der Waals surface area contributed by atoms with Gasteiger partial charge in [-0.25, -0.2) is 9.78 Å². The first-order valence-corrected chi connectivity index (χ1v) is 6.54. The summed E-state index contributed by atoms with van der Waals surface area (Å²) in [6.07, 6.45) is 4.69. The molecule has 1 amide bonds. The van der Waals surface area contributed by atoms with Gasteiger partial charge in [-0.1, -0.05) is 19.4 Å². The van der Waals surface area contributed by atoms with Gasteiger partial charge in [-0.2, -0.15) is 0 Å². The molecule has 1 aliphatic carbocycles. The fourth-order valence-corrected chi connectivity index (χ4v) is 2.51. The van der Waals surface area contributed by atoms with Crippen LogP contribution in [0.25, 0.3) is 0 Å². The van der Waals surface area contributed by atoms with Crippen molar-refractivity contribution < 1.29 is 14.7 Å². The van der Waals surface area contributed by atoms with E-state index in [0.717, 1.165) is 24.8 Å². The van der Waals surface area contributed by atoms with Crippen LogP contribution in [0, 0.1) is 11.8 Å². The molecule has 102 valence electrons. The molecule has 0 radical (unpaired) electrons. The van der Waals surface area contributed by atoms with Gasteiger partial charge in [0, 0.05) is 18.7 Å². The summed E-state index contributed by atoms with van der Waals surface area (Å²) in [6, 6.07) is 3.12. The predicted octanol–water partition coefficient (Wildman–Crippen LogP) is 1.83. The number of carboxylic acids is 1. The molecule has 1 saturated carbocycles. The van der Waals surface area contributed by atoms with Crippen molar-refractivity contribution in [2.75, 3.05) is 0 Å². The molecule has 0 spiro atoms. The normalized spacial score (nSPS) is 22.2. The van der Waals surface area contributed by atoms with Crippen LogP contribution in [0.15, 0.2) is 18.3 Å². The fourth-order valence-electron chi connectivity index (χ4n) is 2.51. The van der Waals surface area contributed by atoms with Crippen LogP contribution in [0.2, 0.25) is 0 Å². The van der Waals surface area contributed by atoms with Crippen molar-refractivity contribution >= 4 is 11.9 Å². The lowest BCUT2D eigenvalue weighted by Crippen LogP contribution is -2.31. The van der Waals surface area contributed by atoms with Crippen LogP contribution in [0.1, 0.15) is 42.2 Å². The Morgan fingerprint density at radius 1 is 1.42 bits per heavy atom. The molecule has 1 heterocycles. The van der Waals surface area contributed by atoms with E-state index in [1.807, 2.05) is 0 Å². The number of rotatable bonds is 4. The molecule has 2 N–H and O–H groups in total. The number of amides is 1. The van der Waals surface area contributed by atoms with Gasteiger partial charge >= 0.3 is 5.97 Å². The van der Waals surface area contributed by atoms with E-state index in [9.17, 15) is 9.59 Å². The lowest BCUT2D eigenvalue weighted by molar-refractivity contribution is -0.126. The van der Waals surface area contributed by atoms with Crippen molar-refractivity contribution in [2.45, 2.75) is 32.7 Å². The summed E-state index contributed by atoms with van der Waals surface area (Å²) in [5.74, 6) is -0.388. The molecule has 1 aromatic rings. The molecule has 0 saturated heterocycles. The first kappa shape index (κ1) is 13.5. The maximum atomic E-state index is 12.0. The SMILES string of the molecule is CC1CCCC1C(=O)NCc1ccc(C(=O)O)nc1. The molecule has 1 aromatic heterocycles. The number of hydrogen-bond acceptors (Lipinski definition) is 3. The molecule has 1 aliphatic rings. The molecule has 0 aromatic carbocycles. The zero-order chi connectivity index (χ0) is 13.8. The number of aromatic nitrogens is 1. The molecule has 5 heteroatoms. The summed E-state index contributed by atoms with van der Waals surface area (Å²) >= 11 is 0. The first-order valence-electron chi connectivity index (χ1n) is 6.54. The number of nitrogens with zero attached hydrogens (tertiary/aromatic N) is 1. The van der Waals surface area contributed by atoms with Gasteiger partial charge in [0.05, 0.1) is 0 Å². The van der Waals surface area contributed by atoms with Crippen LogP contribution in [0.4, 0.5) is 0 Å². The van der Waals surface area contributed by atoms with Crippen molar-refractivity contribution in [3.8, 4) is 0 Å². The van der Waals surface area contributed by atoms with E-state index in [2.05, 4.69) is 17.2 Å². The fraction of sp³-hybridized carbons (Fsp3) is 0.500. The van der Waals surface area contributed by atoms with Crippen LogP contribution in [-0.2, 0) is 11.3 Å². The topological polar surface area (TPSA) is 79.3 Å². The quantitative estimate of drug-likeness (QED) is 0.867. The Bertz CT molecular complexity index is 470. The largest absolute Gasteiger partial charge is 0.477 e. The monoisotopic (exact) mass is 262 g/mol. The zero-order valence-corrected chi connectivity index (χ0v) is 10.9. The molecular formula is C14H18N2O3. The number of pyridine rings is 1. The molecule has 2 unspecified atom stereocenters. The maximum Gasteiger partial charge on any atom is 0.354 e. The molecule has 2 atom stereocenters. The third-order valence-electron chi connectivity index (χ3n) is 3.71. The molecule has 2 rings (SSSR count). The number of nitrogens with one attached hydrogen (secondary N) is 1. The number of carboxylic acid groups (broad SMARTS) is 1. The third kappa shape index (κ3) is 3.30. The molecule has 1 fully saturated rings. The van der Waals surface area contributed by atoms with Crippen LogP contribution in [0.3, 0.4) is 0 Å². The van der Waals surface area contributed by atoms with E-state index in [-0.39, 0.29) is 17.5 Å². The van der Waals surface area contributed by atoms with E-state index in [4.69, 9.17) is 5.11 Å². The van der Waals surface area contributed by atoms with Crippen LogP contribution >= 0.6 is 0 Å². The minimum atomic E-state index is -1.05. The van der Waals surface area contributed by atoms with Gasteiger partial charge < -0.3 is 10.4 Å². The van der Waals surface area contributed by atoms with Gasteiger partial charge in [0.1, 0.15) is 5.69 Å². The standard InChI is InChI=1S/C14H18N2O3/c1-9-3-2-4-11(9)13(17)16-8-10-5-6-12(14(18)19)15-7-10/h5-7,9,11H,2-4,8H2,1H3,(H,16,17)(H,18,19). The Kier molecular flexibility index (Phi) is 4.14. The average molecular weight is 262 g/mol. The molecular weight excluding hydrogens is 244 g/mol. The highest BCUT2D eigenvalue weighted by atomic mass is 16.4. The van der Waals surface area contributed by atoms with Gasteiger partial charge in [0.25, 0.3) is 0 Å². The molecule has 5 nitrogen and oxygen atoms in total. The second-order valence-corrected chi connectivity index (χ2v) is 5.09. The van der Waals surface area contributed by atoms with E-state index in [1.165, 1.54) is 12.3 Å². The lowest BCUT2D eigenvalue weighted by Gasteiger charge is -2.15. The highest BCUT2D eigenvalue weighted by Gasteiger charge is 2.29. The summed E-state index contributed by atoms with van der Waals surface area (Å²) in [5.41, 5.74) is 0.823. The summed E-state index contributed by atoms with van der Waals surface area (Å²) in [5, 5.41) is 11.6. The Morgan fingerprint density at radius 2 is 2.21 bits per heavy atom. The Morgan fingerprint density at radius 3 is 2.74 bits per heavy atom. The predicted molar refractivity (Wildman–Crippen MR) is 69.5 cm³/mol. The van der Waals surface area contributed by atoms with E-state index in [1.54, 1.807) is 6.07 Å². The third-order valence-corrected chi connectivity index (χ3v) is 3.71. The highest BCUT2D eigenvalue weighted by Crippen LogP contribution is 2.31. The van der Waals surface area contributed by atoms with E-state index < -0.39 is 5.97 Å². The number of carbonyl (C=O) groups is 2. The van der Waals surface area contributed by atoms with Gasteiger partial charge in [-0.3, -0.25) is 4.79 Å². The second-order valence-electron chi connectivity index (χ2n) is 5.09. The summed E-state index contributed by atoms with van der Waals surface area (Å²) in [6.45, 7) is 2.51. The maximum absolute atomic E-state index is 12.0. The summed E-state index contributed by atoms with van der Waals surface area (Å²) in [7, 11) is 0. The Hall–Kier alpha value is -1.91.